The number of hydrogen-bond acceptors (Lipinski definition) is 2. The number of nitrogens with zero attached hydrogens (tertiary/aromatic N) is 2. The van der Waals surface area contributed by atoms with E-state index in [9.17, 15) is 5.11 Å². The van der Waals surface area contributed by atoms with Crippen molar-refractivity contribution in [3.05, 3.63) is 71.4 Å². The van der Waals surface area contributed by atoms with Crippen LogP contribution in [0, 0.1) is 0 Å². The largest absolute Gasteiger partial charge is 0.396 e. The highest BCUT2D eigenvalue weighted by atomic mass is 32.1. The Labute approximate surface area is 153 Å². The first-order valence-electron chi connectivity index (χ1n) is 8.83. The second kappa shape index (κ2) is 6.98. The average molecular weight is 350 g/mol. The molecule has 0 atom stereocenters. The molecule has 0 bridgehead atoms. The van der Waals surface area contributed by atoms with Gasteiger partial charge in [0, 0.05) is 37.1 Å². The van der Waals surface area contributed by atoms with Crippen molar-refractivity contribution in [2.24, 2.45) is 0 Å². The number of aryl methyl sites for hydroxylation is 1. The Hall–Kier alpha value is -2.17. The van der Waals surface area contributed by atoms with E-state index in [0.29, 0.717) is 0 Å². The molecule has 3 nitrogen and oxygen atoms in total. The molecule has 0 fully saturated rings. The lowest BCUT2D eigenvalue weighted by molar-refractivity contribution is 0.280. The summed E-state index contributed by atoms with van der Waals surface area (Å²) in [7, 11) is 0. The van der Waals surface area contributed by atoms with Crippen LogP contribution in [0.5, 0.6) is 0 Å². The van der Waals surface area contributed by atoms with E-state index in [1.54, 1.807) is 0 Å². The maximum atomic E-state index is 9.30. The van der Waals surface area contributed by atoms with Crippen molar-refractivity contribution in [1.29, 1.82) is 0 Å². The lowest BCUT2D eigenvalue weighted by Crippen LogP contribution is -2.37. The minimum atomic E-state index is 0.196. The van der Waals surface area contributed by atoms with Gasteiger partial charge in [-0.3, -0.25) is 0 Å². The van der Waals surface area contributed by atoms with Gasteiger partial charge in [-0.1, -0.05) is 60.7 Å². The summed E-state index contributed by atoms with van der Waals surface area (Å²) in [6.45, 7) is 2.79. The first kappa shape index (κ1) is 16.3. The van der Waals surface area contributed by atoms with E-state index in [2.05, 4.69) is 58.0 Å². The summed E-state index contributed by atoms with van der Waals surface area (Å²) < 4.78 is 2.31. The van der Waals surface area contributed by atoms with Gasteiger partial charge in [-0.25, -0.2) is 0 Å². The Kier molecular flexibility index (Phi) is 4.55. The molecule has 0 unspecified atom stereocenters. The van der Waals surface area contributed by atoms with Gasteiger partial charge in [0.25, 0.3) is 0 Å². The number of benzene rings is 2. The normalized spacial score (nSPS) is 14.1. The van der Waals surface area contributed by atoms with Crippen molar-refractivity contribution in [2.45, 2.75) is 25.9 Å². The number of hydrogen-bond donors (Lipinski definition) is 1. The van der Waals surface area contributed by atoms with Gasteiger partial charge in [-0.2, -0.15) is 0 Å². The third-order valence-electron chi connectivity index (χ3n) is 4.95. The lowest BCUT2D eigenvalue weighted by Gasteiger charge is -2.31. The van der Waals surface area contributed by atoms with Crippen molar-refractivity contribution in [3.8, 4) is 0 Å². The minimum Gasteiger partial charge on any atom is -0.396 e. The number of thiocarbonyl (C=S) groups is 1. The highest BCUT2D eigenvalue weighted by Gasteiger charge is 2.27. The monoisotopic (exact) mass is 350 g/mol. The third-order valence-corrected chi connectivity index (χ3v) is 5.40. The molecule has 1 N–H and O–H groups in total. The molecule has 0 saturated carbocycles. The first-order chi connectivity index (χ1) is 12.3. The molecule has 25 heavy (non-hydrogen) atoms. The fourth-order valence-electron chi connectivity index (χ4n) is 3.79. The Morgan fingerprint density at radius 3 is 2.56 bits per heavy atom. The molecule has 128 valence electrons. The summed E-state index contributed by atoms with van der Waals surface area (Å²) in [6, 6.07) is 19.0. The molecule has 4 heteroatoms. The van der Waals surface area contributed by atoms with Crippen LogP contribution in [0.25, 0.3) is 10.9 Å². The van der Waals surface area contributed by atoms with Crippen LogP contribution in [0.3, 0.4) is 0 Å². The summed E-state index contributed by atoms with van der Waals surface area (Å²) in [4.78, 5) is 3.24. The van der Waals surface area contributed by atoms with Gasteiger partial charge in [0.05, 0.1) is 5.69 Å². The second-order valence-corrected chi connectivity index (χ2v) is 6.92. The number of aliphatic hydroxyl groups is 1. The molecule has 1 aliphatic heterocycles. The van der Waals surface area contributed by atoms with Crippen LogP contribution < -0.4 is 0 Å². The Morgan fingerprint density at radius 1 is 1.00 bits per heavy atom. The fourth-order valence-corrected chi connectivity index (χ4v) is 4.18. The third kappa shape index (κ3) is 2.96. The van der Waals surface area contributed by atoms with Crippen LogP contribution in [0.1, 0.15) is 23.2 Å². The molecule has 1 aliphatic rings. The van der Waals surface area contributed by atoms with Gasteiger partial charge >= 0.3 is 0 Å². The molecule has 0 aliphatic carbocycles. The highest BCUT2D eigenvalue weighted by Crippen LogP contribution is 2.32. The molecule has 4 rings (SSSR count). The standard InChI is InChI=1S/C21H22N2OS/c24-14-6-12-23-19-10-5-4-9-17(19)18-11-13-22(21(25)20(18)23)15-16-7-2-1-3-8-16/h1-5,7-10,24H,6,11-15H2. The zero-order chi connectivity index (χ0) is 17.2. The summed E-state index contributed by atoms with van der Waals surface area (Å²) >= 11 is 5.90. The molecule has 2 aromatic carbocycles. The van der Waals surface area contributed by atoms with Gasteiger partial charge < -0.3 is 14.6 Å². The molecule has 0 spiro atoms. The van der Waals surface area contributed by atoms with E-state index in [1.807, 2.05) is 6.07 Å². The minimum absolute atomic E-state index is 0.196. The van der Waals surface area contributed by atoms with Gasteiger partial charge in [0.2, 0.25) is 0 Å². The van der Waals surface area contributed by atoms with Crippen LogP contribution in [-0.4, -0.2) is 32.7 Å². The predicted octanol–water partition coefficient (Wildman–Crippen LogP) is 3.76. The van der Waals surface area contributed by atoms with E-state index in [-0.39, 0.29) is 6.61 Å². The zero-order valence-corrected chi connectivity index (χ0v) is 15.0. The molecule has 2 heterocycles. The Morgan fingerprint density at radius 2 is 1.76 bits per heavy atom. The molecule has 3 aromatic rings. The topological polar surface area (TPSA) is 28.4 Å². The van der Waals surface area contributed by atoms with E-state index in [1.165, 1.54) is 27.7 Å². The van der Waals surface area contributed by atoms with Crippen LogP contribution in [-0.2, 0) is 19.5 Å². The SMILES string of the molecule is OCCCn1c2c(c3ccccc31)CCN(Cc1ccccc1)C2=S. The van der Waals surface area contributed by atoms with E-state index >= 15 is 0 Å². The number of rotatable bonds is 5. The van der Waals surface area contributed by atoms with Crippen LogP contribution in [0.15, 0.2) is 54.6 Å². The summed E-state index contributed by atoms with van der Waals surface area (Å²) in [5.41, 5.74) is 5.05. The van der Waals surface area contributed by atoms with E-state index < -0.39 is 0 Å². The average Bonchev–Trinajstić information content (AvgIpc) is 2.98. The van der Waals surface area contributed by atoms with Crippen molar-refractivity contribution >= 4 is 28.1 Å². The predicted molar refractivity (Wildman–Crippen MR) is 106 cm³/mol. The summed E-state index contributed by atoms with van der Waals surface area (Å²) in [6.07, 6.45) is 1.75. The van der Waals surface area contributed by atoms with Crippen LogP contribution in [0.2, 0.25) is 0 Å². The summed E-state index contributed by atoms with van der Waals surface area (Å²) in [5.74, 6) is 0. The lowest BCUT2D eigenvalue weighted by atomic mass is 10.0. The van der Waals surface area contributed by atoms with Gasteiger partial charge in [0.15, 0.2) is 0 Å². The quantitative estimate of drug-likeness (QED) is 0.710. The van der Waals surface area contributed by atoms with Crippen molar-refractivity contribution in [1.82, 2.24) is 9.47 Å². The van der Waals surface area contributed by atoms with Crippen molar-refractivity contribution in [2.75, 3.05) is 13.2 Å². The van der Waals surface area contributed by atoms with Gasteiger partial charge in [-0.15, -0.1) is 0 Å². The van der Waals surface area contributed by atoms with Crippen LogP contribution in [0.4, 0.5) is 0 Å². The number of aromatic nitrogens is 1. The molecular weight excluding hydrogens is 328 g/mol. The number of fused-ring (bicyclic) bond motifs is 3. The Balaban J connectivity index is 1.74. The second-order valence-electron chi connectivity index (χ2n) is 6.54. The van der Waals surface area contributed by atoms with Crippen molar-refractivity contribution in [3.63, 3.8) is 0 Å². The van der Waals surface area contributed by atoms with Crippen molar-refractivity contribution < 1.29 is 5.11 Å². The molecule has 0 amide bonds. The van der Waals surface area contributed by atoms with Crippen LogP contribution >= 0.6 is 12.2 Å². The molecular formula is C21H22N2OS. The number of para-hydroxylation sites is 1. The van der Waals surface area contributed by atoms with Gasteiger partial charge in [0.1, 0.15) is 4.99 Å². The molecule has 0 radical (unpaired) electrons. The maximum absolute atomic E-state index is 9.30. The molecule has 1 aromatic heterocycles. The number of aliphatic hydroxyl groups excluding tert-OH is 1. The van der Waals surface area contributed by atoms with E-state index in [0.717, 1.165) is 37.5 Å². The molecule has 0 saturated heterocycles. The maximum Gasteiger partial charge on any atom is 0.126 e. The zero-order valence-electron chi connectivity index (χ0n) is 14.2. The Bertz CT molecular complexity index is 901. The first-order valence-corrected chi connectivity index (χ1v) is 9.24. The van der Waals surface area contributed by atoms with Gasteiger partial charge in [-0.05, 0) is 30.0 Å². The highest BCUT2D eigenvalue weighted by molar-refractivity contribution is 7.80. The van der Waals surface area contributed by atoms with E-state index in [4.69, 9.17) is 12.2 Å². The smallest absolute Gasteiger partial charge is 0.126 e. The fraction of sp³-hybridized carbons (Fsp3) is 0.286. The summed E-state index contributed by atoms with van der Waals surface area (Å²) in [5, 5.41) is 10.6.